The Morgan fingerprint density at radius 1 is 1.19 bits per heavy atom. The summed E-state index contributed by atoms with van der Waals surface area (Å²) in [5.74, 6) is 1.51. The minimum absolute atomic E-state index is 0.170. The molecule has 7 heteroatoms. The second kappa shape index (κ2) is 7.23. The van der Waals surface area contributed by atoms with E-state index in [9.17, 15) is 0 Å². The molecule has 2 aromatic heterocycles. The number of anilines is 1. The van der Waals surface area contributed by atoms with Gasteiger partial charge in [-0.15, -0.1) is 5.10 Å². The van der Waals surface area contributed by atoms with Gasteiger partial charge in [-0.25, -0.2) is 14.6 Å². The van der Waals surface area contributed by atoms with Gasteiger partial charge in [-0.2, -0.15) is 0 Å². The highest BCUT2D eigenvalue weighted by Gasteiger charge is 2.23. The Morgan fingerprint density at radius 3 is 2.70 bits per heavy atom. The van der Waals surface area contributed by atoms with E-state index >= 15 is 0 Å². The van der Waals surface area contributed by atoms with Gasteiger partial charge in [0.2, 0.25) is 0 Å². The molecule has 0 unspecified atom stereocenters. The molecule has 27 heavy (non-hydrogen) atoms. The van der Waals surface area contributed by atoms with Gasteiger partial charge < -0.3 is 10.1 Å². The molecule has 4 rings (SSSR count). The van der Waals surface area contributed by atoms with Crippen LogP contribution in [0.4, 0.5) is 5.82 Å². The Bertz CT molecular complexity index is 909. The fourth-order valence-electron chi connectivity index (χ4n) is 3.19. The van der Waals surface area contributed by atoms with Gasteiger partial charge in [0.25, 0.3) is 0 Å². The van der Waals surface area contributed by atoms with E-state index in [4.69, 9.17) is 14.7 Å². The Morgan fingerprint density at radius 2 is 2.00 bits per heavy atom. The predicted octanol–water partition coefficient (Wildman–Crippen LogP) is 3.16. The fourth-order valence-corrected chi connectivity index (χ4v) is 3.19. The number of rotatable bonds is 5. The van der Waals surface area contributed by atoms with E-state index in [1.165, 1.54) is 0 Å². The number of benzene rings is 1. The molecule has 3 heterocycles. The molecule has 1 N–H and O–H groups in total. The van der Waals surface area contributed by atoms with Crippen molar-refractivity contribution in [1.29, 1.82) is 0 Å². The Balaban J connectivity index is 1.70. The second-order valence-corrected chi connectivity index (χ2v) is 8.07. The highest BCUT2D eigenvalue weighted by atomic mass is 16.5. The summed E-state index contributed by atoms with van der Waals surface area (Å²) in [6.45, 7) is 8.53. The molecule has 7 nitrogen and oxygen atoms in total. The summed E-state index contributed by atoms with van der Waals surface area (Å²) in [4.78, 5) is 9.56. The van der Waals surface area contributed by atoms with Gasteiger partial charge in [-0.05, 0) is 18.4 Å². The summed E-state index contributed by atoms with van der Waals surface area (Å²) < 4.78 is 7.57. The van der Waals surface area contributed by atoms with E-state index in [1.54, 1.807) is 0 Å². The maximum atomic E-state index is 5.72. The molecule has 3 aromatic rings. The van der Waals surface area contributed by atoms with Crippen LogP contribution in [-0.2, 0) is 16.7 Å². The van der Waals surface area contributed by atoms with Crippen LogP contribution in [0.15, 0.2) is 30.3 Å². The first kappa shape index (κ1) is 17.9. The number of hydrogen-bond acceptors (Lipinski definition) is 6. The van der Waals surface area contributed by atoms with Gasteiger partial charge in [0.1, 0.15) is 5.82 Å². The van der Waals surface area contributed by atoms with Crippen LogP contribution in [0.3, 0.4) is 0 Å². The van der Waals surface area contributed by atoms with Crippen molar-refractivity contribution in [1.82, 2.24) is 25.0 Å². The quantitative estimate of drug-likeness (QED) is 0.747. The lowest BCUT2D eigenvalue weighted by Gasteiger charge is -2.18. The van der Waals surface area contributed by atoms with Crippen molar-refractivity contribution in [2.45, 2.75) is 51.7 Å². The van der Waals surface area contributed by atoms with Gasteiger partial charge in [0, 0.05) is 18.6 Å². The lowest BCUT2D eigenvalue weighted by Crippen LogP contribution is -2.22. The van der Waals surface area contributed by atoms with Crippen molar-refractivity contribution in [3.63, 3.8) is 0 Å². The summed E-state index contributed by atoms with van der Waals surface area (Å²) in [5.41, 5.74) is 2.45. The highest BCUT2D eigenvalue weighted by Crippen LogP contribution is 2.25. The first-order valence-corrected chi connectivity index (χ1v) is 9.52. The Kier molecular flexibility index (Phi) is 4.78. The van der Waals surface area contributed by atoms with Crippen LogP contribution in [0.25, 0.3) is 11.2 Å². The van der Waals surface area contributed by atoms with Crippen LogP contribution >= 0.6 is 0 Å². The van der Waals surface area contributed by atoms with Crippen LogP contribution in [0.5, 0.6) is 0 Å². The number of aromatic nitrogens is 5. The van der Waals surface area contributed by atoms with Crippen LogP contribution in [0, 0.1) is 0 Å². The second-order valence-electron chi connectivity index (χ2n) is 8.07. The third-order valence-electron chi connectivity index (χ3n) is 4.73. The molecule has 0 saturated carbocycles. The van der Waals surface area contributed by atoms with Crippen LogP contribution in [0.1, 0.15) is 45.0 Å². The molecule has 0 aliphatic carbocycles. The molecular formula is C20H26N6O. The Hall–Kier alpha value is -2.54. The van der Waals surface area contributed by atoms with Gasteiger partial charge >= 0.3 is 0 Å². The third kappa shape index (κ3) is 3.93. The van der Waals surface area contributed by atoms with Crippen molar-refractivity contribution in [3.8, 4) is 0 Å². The molecule has 1 aromatic carbocycles. The summed E-state index contributed by atoms with van der Waals surface area (Å²) in [6.07, 6.45) is 2.42. The average Bonchev–Trinajstić information content (AvgIpc) is 3.30. The zero-order valence-corrected chi connectivity index (χ0v) is 16.1. The van der Waals surface area contributed by atoms with E-state index in [2.05, 4.69) is 48.5 Å². The smallest absolute Gasteiger partial charge is 0.184 e. The predicted molar refractivity (Wildman–Crippen MR) is 105 cm³/mol. The summed E-state index contributed by atoms with van der Waals surface area (Å²) in [5, 5.41) is 12.1. The molecule has 0 amide bonds. The summed E-state index contributed by atoms with van der Waals surface area (Å²) >= 11 is 0. The molecule has 1 atom stereocenters. The number of nitrogens with one attached hydrogen (secondary N) is 1. The van der Waals surface area contributed by atoms with Crippen molar-refractivity contribution in [2.75, 3.05) is 18.5 Å². The van der Waals surface area contributed by atoms with Gasteiger partial charge in [0.15, 0.2) is 17.0 Å². The minimum atomic E-state index is -0.170. The molecule has 1 aliphatic rings. The van der Waals surface area contributed by atoms with Crippen molar-refractivity contribution >= 4 is 17.0 Å². The zero-order valence-electron chi connectivity index (χ0n) is 16.1. The van der Waals surface area contributed by atoms with Gasteiger partial charge in [-0.1, -0.05) is 56.3 Å². The van der Waals surface area contributed by atoms with Crippen LogP contribution in [0.2, 0.25) is 0 Å². The van der Waals surface area contributed by atoms with Crippen molar-refractivity contribution in [2.24, 2.45) is 0 Å². The first-order chi connectivity index (χ1) is 13.0. The SMILES string of the molecule is CC(C)(C)c1nc(NC[C@@H]2CCCO2)c2nnn(Cc3ccccc3)c2n1. The maximum absolute atomic E-state index is 5.72. The lowest BCUT2D eigenvalue weighted by atomic mass is 9.96. The van der Waals surface area contributed by atoms with Crippen molar-refractivity contribution in [3.05, 3.63) is 41.7 Å². The maximum Gasteiger partial charge on any atom is 0.184 e. The molecular weight excluding hydrogens is 340 g/mol. The monoisotopic (exact) mass is 366 g/mol. The zero-order chi connectivity index (χ0) is 18.9. The van der Waals surface area contributed by atoms with Crippen LogP contribution in [-0.4, -0.2) is 44.2 Å². The topological polar surface area (TPSA) is 77.8 Å². The molecule has 1 aliphatic heterocycles. The minimum Gasteiger partial charge on any atom is -0.376 e. The van der Waals surface area contributed by atoms with E-state index < -0.39 is 0 Å². The summed E-state index contributed by atoms with van der Waals surface area (Å²) in [7, 11) is 0. The molecule has 1 saturated heterocycles. The number of hydrogen-bond donors (Lipinski definition) is 1. The molecule has 0 radical (unpaired) electrons. The highest BCUT2D eigenvalue weighted by molar-refractivity contribution is 5.82. The normalized spacial score (nSPS) is 17.5. The standard InChI is InChI=1S/C20H26N6O/c1-20(2,3)19-22-17(21-12-15-10-7-11-27-15)16-18(23-19)26(25-24-16)13-14-8-5-4-6-9-14/h4-6,8-9,15H,7,10-13H2,1-3H3,(H,21,22,23)/t15-/m0/s1. The van der Waals surface area contributed by atoms with Crippen molar-refractivity contribution < 1.29 is 4.74 Å². The third-order valence-corrected chi connectivity index (χ3v) is 4.73. The fraction of sp³-hybridized carbons (Fsp3) is 0.500. The van der Waals surface area contributed by atoms with Crippen LogP contribution < -0.4 is 5.32 Å². The number of nitrogens with zero attached hydrogens (tertiary/aromatic N) is 5. The van der Waals surface area contributed by atoms with E-state index in [-0.39, 0.29) is 11.5 Å². The van der Waals surface area contributed by atoms with E-state index in [0.29, 0.717) is 12.1 Å². The van der Waals surface area contributed by atoms with E-state index in [0.717, 1.165) is 48.8 Å². The first-order valence-electron chi connectivity index (χ1n) is 9.52. The summed E-state index contributed by atoms with van der Waals surface area (Å²) in [6, 6.07) is 10.2. The largest absolute Gasteiger partial charge is 0.376 e. The number of fused-ring (bicyclic) bond motifs is 1. The molecule has 0 spiro atoms. The van der Waals surface area contributed by atoms with Gasteiger partial charge in [-0.3, -0.25) is 0 Å². The lowest BCUT2D eigenvalue weighted by molar-refractivity contribution is 0.120. The molecule has 142 valence electrons. The number of ether oxygens (including phenoxy) is 1. The van der Waals surface area contributed by atoms with Gasteiger partial charge in [0.05, 0.1) is 12.6 Å². The molecule has 0 bridgehead atoms. The average molecular weight is 366 g/mol. The van der Waals surface area contributed by atoms with E-state index in [1.807, 2.05) is 22.9 Å². The molecule has 1 fully saturated rings. The Labute approximate surface area is 159 Å².